The fourth-order valence-corrected chi connectivity index (χ4v) is 6.34. The number of carbonyl (C=O) groups is 2. The number of carbonyl (C=O) groups excluding carboxylic acids is 2. The lowest BCUT2D eigenvalue weighted by atomic mass is 10.1. The molecule has 3 unspecified atom stereocenters. The Morgan fingerprint density at radius 2 is 1.79 bits per heavy atom. The molecule has 10 heteroatoms. The number of rotatable bonds is 5. The maximum atomic E-state index is 14.3. The summed E-state index contributed by atoms with van der Waals surface area (Å²) < 4.78 is 0. The molecule has 4 heterocycles. The van der Waals surface area contributed by atoms with E-state index in [2.05, 4.69) is 16.7 Å². The number of nitrogens with zero attached hydrogens (tertiary/aromatic N) is 7. The first-order valence-electron chi connectivity index (χ1n) is 14.7. The third-order valence-electron chi connectivity index (χ3n) is 8.48. The fourth-order valence-electron chi connectivity index (χ4n) is 6.34. The number of hydrogen-bond acceptors (Lipinski definition) is 8. The van der Waals surface area contributed by atoms with E-state index in [0.717, 1.165) is 54.4 Å². The molecule has 3 fully saturated rings. The van der Waals surface area contributed by atoms with Gasteiger partial charge in [-0.2, -0.15) is 0 Å². The summed E-state index contributed by atoms with van der Waals surface area (Å²) in [6, 6.07) is 16.8. The Morgan fingerprint density at radius 1 is 1.00 bits per heavy atom. The van der Waals surface area contributed by atoms with E-state index in [0.29, 0.717) is 24.9 Å². The van der Waals surface area contributed by atoms with E-state index in [4.69, 9.17) is 20.7 Å². The van der Waals surface area contributed by atoms with Gasteiger partial charge in [0, 0.05) is 36.1 Å². The second kappa shape index (κ2) is 10.7. The van der Waals surface area contributed by atoms with Gasteiger partial charge in [-0.3, -0.25) is 14.6 Å². The zero-order chi connectivity index (χ0) is 28.8. The fraction of sp³-hybridized carbons (Fsp3) is 0.406. The van der Waals surface area contributed by atoms with Crippen molar-refractivity contribution < 1.29 is 9.59 Å². The van der Waals surface area contributed by atoms with Crippen molar-refractivity contribution in [2.75, 3.05) is 19.6 Å². The highest BCUT2D eigenvalue weighted by molar-refractivity contribution is 6.04. The van der Waals surface area contributed by atoms with Crippen molar-refractivity contribution in [1.29, 1.82) is 0 Å². The number of piperidine rings is 1. The SMILES string of the molecule is CC#CCN1C(N2CCCC(N)C2)=NC2C1C(=O)N(Cc1nc(-c3ccccc3)c3ccccc3n1)C(=O)N2C1CC1. The van der Waals surface area contributed by atoms with Gasteiger partial charge in [-0.05, 0) is 38.7 Å². The standard InChI is InChI=1S/C32H34N8O2/c1-2-3-18-38-28-29(36-31(38)37-17-9-12-22(33)19-37)40(23-15-16-23)32(42)39(30(28)41)20-26-34-25-14-8-7-13-24(25)27(35-26)21-10-5-4-6-11-21/h4-8,10-11,13-14,22-23,28-29H,9,12,15-20,33H2,1H3. The van der Waals surface area contributed by atoms with E-state index in [1.165, 1.54) is 4.90 Å². The number of aliphatic imine (C=N–C) groups is 1. The van der Waals surface area contributed by atoms with E-state index in [9.17, 15) is 9.59 Å². The molecule has 3 amide bonds. The second-order valence-corrected chi connectivity index (χ2v) is 11.4. The van der Waals surface area contributed by atoms with Crippen LogP contribution in [0.1, 0.15) is 38.4 Å². The molecule has 4 aliphatic rings. The third-order valence-corrected chi connectivity index (χ3v) is 8.48. The Balaban J connectivity index is 1.26. The molecule has 42 heavy (non-hydrogen) atoms. The van der Waals surface area contributed by atoms with Crippen LogP contribution in [0.5, 0.6) is 0 Å². The van der Waals surface area contributed by atoms with Crippen LogP contribution in [-0.2, 0) is 11.3 Å². The van der Waals surface area contributed by atoms with Gasteiger partial charge in [0.25, 0.3) is 5.91 Å². The van der Waals surface area contributed by atoms with Crippen LogP contribution in [0.3, 0.4) is 0 Å². The van der Waals surface area contributed by atoms with E-state index in [1.807, 2.05) is 64.4 Å². The van der Waals surface area contributed by atoms with E-state index >= 15 is 0 Å². The molecule has 2 saturated heterocycles. The van der Waals surface area contributed by atoms with E-state index in [-0.39, 0.29) is 30.6 Å². The largest absolute Gasteiger partial charge is 0.341 e. The summed E-state index contributed by atoms with van der Waals surface area (Å²) in [5.41, 5.74) is 8.82. The maximum absolute atomic E-state index is 14.3. The summed E-state index contributed by atoms with van der Waals surface area (Å²) in [4.78, 5) is 50.4. The van der Waals surface area contributed by atoms with Crippen LogP contribution in [0.4, 0.5) is 4.79 Å². The summed E-state index contributed by atoms with van der Waals surface area (Å²) in [6.07, 6.45) is 3.13. The number of amides is 3. The highest BCUT2D eigenvalue weighted by atomic mass is 16.2. The number of likely N-dealkylation sites (tertiary alicyclic amines) is 1. The molecule has 3 aromatic rings. The van der Waals surface area contributed by atoms with Crippen LogP contribution in [0, 0.1) is 11.8 Å². The number of imide groups is 1. The average Bonchev–Trinajstić information content (AvgIpc) is 3.78. The zero-order valence-corrected chi connectivity index (χ0v) is 23.7. The molecule has 0 spiro atoms. The highest BCUT2D eigenvalue weighted by Crippen LogP contribution is 2.38. The van der Waals surface area contributed by atoms with Crippen LogP contribution in [0.15, 0.2) is 59.6 Å². The van der Waals surface area contributed by atoms with Crippen molar-refractivity contribution in [1.82, 2.24) is 29.6 Å². The summed E-state index contributed by atoms with van der Waals surface area (Å²) >= 11 is 0. The number of fused-ring (bicyclic) bond motifs is 2. The van der Waals surface area contributed by atoms with Crippen LogP contribution in [-0.4, -0.2) is 91.4 Å². The predicted octanol–water partition coefficient (Wildman–Crippen LogP) is 3.04. The molecule has 3 atom stereocenters. The molecule has 7 rings (SSSR count). The Hall–Kier alpha value is -4.49. The zero-order valence-electron chi connectivity index (χ0n) is 23.7. The van der Waals surface area contributed by atoms with Crippen LogP contribution >= 0.6 is 0 Å². The van der Waals surface area contributed by atoms with E-state index < -0.39 is 12.2 Å². The van der Waals surface area contributed by atoms with Crippen molar-refractivity contribution in [3.63, 3.8) is 0 Å². The summed E-state index contributed by atoms with van der Waals surface area (Å²) in [5.74, 6) is 6.95. The molecule has 10 nitrogen and oxygen atoms in total. The minimum atomic E-state index is -0.661. The second-order valence-electron chi connectivity index (χ2n) is 11.4. The summed E-state index contributed by atoms with van der Waals surface area (Å²) in [6.45, 7) is 3.59. The average molecular weight is 563 g/mol. The van der Waals surface area contributed by atoms with Gasteiger partial charge in [0.05, 0.1) is 24.3 Å². The van der Waals surface area contributed by atoms with Crippen molar-refractivity contribution in [3.8, 4) is 23.1 Å². The molecule has 0 bridgehead atoms. The Bertz CT molecular complexity index is 1630. The maximum Gasteiger partial charge on any atom is 0.329 e. The minimum absolute atomic E-state index is 0.0218. The van der Waals surface area contributed by atoms with Crippen molar-refractivity contribution in [2.45, 2.75) is 63.4 Å². The van der Waals surface area contributed by atoms with Gasteiger partial charge in [-0.1, -0.05) is 54.5 Å². The van der Waals surface area contributed by atoms with Gasteiger partial charge >= 0.3 is 6.03 Å². The molecular weight excluding hydrogens is 528 g/mol. The van der Waals surface area contributed by atoms with Crippen LogP contribution < -0.4 is 5.73 Å². The predicted molar refractivity (Wildman–Crippen MR) is 160 cm³/mol. The highest BCUT2D eigenvalue weighted by Gasteiger charge is 2.57. The first-order chi connectivity index (χ1) is 20.5. The van der Waals surface area contributed by atoms with Gasteiger partial charge in [0.1, 0.15) is 5.82 Å². The Kier molecular flexibility index (Phi) is 6.75. The topological polar surface area (TPSA) is 111 Å². The summed E-state index contributed by atoms with van der Waals surface area (Å²) in [5, 5.41) is 0.918. The number of nitrogens with two attached hydrogens (primary N) is 1. The first-order valence-corrected chi connectivity index (χ1v) is 14.7. The number of aromatic nitrogens is 2. The molecule has 3 aliphatic heterocycles. The monoisotopic (exact) mass is 562 g/mol. The molecule has 214 valence electrons. The van der Waals surface area contributed by atoms with Crippen molar-refractivity contribution in [3.05, 3.63) is 60.4 Å². The van der Waals surface area contributed by atoms with E-state index in [1.54, 1.807) is 6.92 Å². The third kappa shape index (κ3) is 4.64. The van der Waals surface area contributed by atoms with Crippen LogP contribution in [0.2, 0.25) is 0 Å². The normalized spacial score (nSPS) is 24.0. The summed E-state index contributed by atoms with van der Waals surface area (Å²) in [7, 11) is 0. The molecule has 2 N–H and O–H groups in total. The van der Waals surface area contributed by atoms with Gasteiger partial charge in [0.2, 0.25) is 0 Å². The number of para-hydroxylation sites is 1. The molecule has 2 aromatic carbocycles. The molecule has 1 aromatic heterocycles. The minimum Gasteiger partial charge on any atom is -0.341 e. The number of guanidine groups is 1. The Morgan fingerprint density at radius 3 is 2.55 bits per heavy atom. The van der Waals surface area contributed by atoms with Gasteiger partial charge < -0.3 is 15.5 Å². The lowest BCUT2D eigenvalue weighted by molar-refractivity contribution is -0.138. The van der Waals surface area contributed by atoms with Gasteiger partial charge in [-0.15, -0.1) is 5.92 Å². The van der Waals surface area contributed by atoms with Crippen molar-refractivity contribution in [2.24, 2.45) is 10.7 Å². The van der Waals surface area contributed by atoms with Crippen molar-refractivity contribution >= 4 is 28.8 Å². The van der Waals surface area contributed by atoms with Gasteiger partial charge in [0.15, 0.2) is 18.2 Å². The number of urea groups is 1. The lowest BCUT2D eigenvalue weighted by Crippen LogP contribution is -2.66. The molecule has 1 aliphatic carbocycles. The number of benzene rings is 2. The number of hydrogen-bond donors (Lipinski definition) is 1. The quantitative estimate of drug-likeness (QED) is 0.476. The smallest absolute Gasteiger partial charge is 0.329 e. The van der Waals surface area contributed by atoms with Crippen LogP contribution in [0.25, 0.3) is 22.2 Å². The molecule has 1 saturated carbocycles. The molecule has 0 radical (unpaired) electrons. The molecular formula is C32H34N8O2. The Labute approximate surface area is 245 Å². The first kappa shape index (κ1) is 26.4. The van der Waals surface area contributed by atoms with Gasteiger partial charge in [-0.25, -0.2) is 19.8 Å². The lowest BCUT2D eigenvalue weighted by Gasteiger charge is -2.43.